The van der Waals surface area contributed by atoms with Crippen molar-refractivity contribution in [3.8, 4) is 22.9 Å². The van der Waals surface area contributed by atoms with Gasteiger partial charge in [-0.3, -0.25) is 9.59 Å². The second kappa shape index (κ2) is 6.64. The van der Waals surface area contributed by atoms with Gasteiger partial charge in [0.2, 0.25) is 0 Å². The number of ether oxygens (including phenoxy) is 2. The molecule has 0 saturated carbocycles. The van der Waals surface area contributed by atoms with Crippen molar-refractivity contribution in [2.45, 2.75) is 39.7 Å². The maximum atomic E-state index is 11.7. The van der Waals surface area contributed by atoms with Crippen molar-refractivity contribution in [3.63, 3.8) is 0 Å². The summed E-state index contributed by atoms with van der Waals surface area (Å²) in [4.78, 5) is 23.4. The molecule has 2 aromatic rings. The van der Waals surface area contributed by atoms with Gasteiger partial charge in [0.15, 0.2) is 11.9 Å². The summed E-state index contributed by atoms with van der Waals surface area (Å²) in [7, 11) is 0. The number of hydrogen-bond donors (Lipinski definition) is 0. The number of carbonyl (C=O) groups excluding carboxylic acids is 2. The highest BCUT2D eigenvalue weighted by molar-refractivity contribution is 5.86. The summed E-state index contributed by atoms with van der Waals surface area (Å²) in [6.07, 6.45) is -0.707. The van der Waals surface area contributed by atoms with Crippen LogP contribution in [0.4, 0.5) is 0 Å². The molecule has 0 heterocycles. The van der Waals surface area contributed by atoms with Crippen molar-refractivity contribution in [1.29, 1.82) is 5.26 Å². The molecule has 0 spiro atoms. The van der Waals surface area contributed by atoms with E-state index in [9.17, 15) is 14.9 Å². The molecule has 132 valence electrons. The Labute approximate surface area is 152 Å². The quantitative estimate of drug-likeness (QED) is 0.612. The normalized spacial score (nSPS) is 14.4. The number of carbonyl (C=O) groups is 2. The largest absolute Gasteiger partial charge is 0.453 e. The fourth-order valence-corrected chi connectivity index (χ4v) is 3.41. The first kappa shape index (κ1) is 17.7. The molecule has 0 bridgehead atoms. The molecule has 0 radical (unpaired) electrons. The van der Waals surface area contributed by atoms with Gasteiger partial charge in [-0.25, -0.2) is 0 Å². The third kappa shape index (κ3) is 2.84. The molecule has 3 rings (SSSR count). The average Bonchev–Trinajstić information content (AvgIpc) is 2.88. The van der Waals surface area contributed by atoms with Gasteiger partial charge in [-0.1, -0.05) is 38.1 Å². The molecule has 0 amide bonds. The van der Waals surface area contributed by atoms with Gasteiger partial charge in [0.05, 0.1) is 5.56 Å². The van der Waals surface area contributed by atoms with E-state index in [1.165, 1.54) is 13.8 Å². The van der Waals surface area contributed by atoms with E-state index in [-0.39, 0.29) is 11.7 Å². The zero-order chi connectivity index (χ0) is 19.0. The Hall–Kier alpha value is -3.13. The average molecular weight is 349 g/mol. The summed E-state index contributed by atoms with van der Waals surface area (Å²) < 4.78 is 11.0. The maximum absolute atomic E-state index is 11.7. The first-order valence-electron chi connectivity index (χ1n) is 8.41. The molecule has 26 heavy (non-hydrogen) atoms. The Bertz CT molecular complexity index is 953. The van der Waals surface area contributed by atoms with Gasteiger partial charge in [0.1, 0.15) is 6.07 Å². The third-order valence-electron chi connectivity index (χ3n) is 4.41. The van der Waals surface area contributed by atoms with Crippen molar-refractivity contribution in [3.05, 3.63) is 52.6 Å². The Morgan fingerprint density at radius 2 is 1.81 bits per heavy atom. The number of nitriles is 1. The van der Waals surface area contributed by atoms with E-state index in [2.05, 4.69) is 6.07 Å². The second-order valence-electron chi connectivity index (χ2n) is 6.57. The molecule has 5 nitrogen and oxygen atoms in total. The minimum Gasteiger partial charge on any atom is -0.453 e. The van der Waals surface area contributed by atoms with Gasteiger partial charge in [0.25, 0.3) is 0 Å². The Morgan fingerprint density at radius 1 is 1.12 bits per heavy atom. The molecule has 2 aromatic carbocycles. The lowest BCUT2D eigenvalue weighted by Crippen LogP contribution is -2.13. The van der Waals surface area contributed by atoms with Crippen molar-refractivity contribution in [1.82, 2.24) is 0 Å². The highest BCUT2D eigenvalue weighted by Crippen LogP contribution is 2.52. The van der Waals surface area contributed by atoms with Gasteiger partial charge >= 0.3 is 11.9 Å². The Balaban J connectivity index is 2.39. The summed E-state index contributed by atoms with van der Waals surface area (Å²) >= 11 is 0. The first-order chi connectivity index (χ1) is 12.3. The second-order valence-corrected chi connectivity index (χ2v) is 6.57. The first-order valence-corrected chi connectivity index (χ1v) is 8.41. The van der Waals surface area contributed by atoms with Crippen LogP contribution in [0.2, 0.25) is 0 Å². The van der Waals surface area contributed by atoms with Crippen LogP contribution in [0.25, 0.3) is 11.1 Å². The summed E-state index contributed by atoms with van der Waals surface area (Å²) in [6.45, 7) is 6.58. The van der Waals surface area contributed by atoms with Crippen molar-refractivity contribution in [2.75, 3.05) is 0 Å². The number of nitrogens with zero attached hydrogens (tertiary/aromatic N) is 1. The number of benzene rings is 2. The highest BCUT2D eigenvalue weighted by Gasteiger charge is 2.37. The van der Waals surface area contributed by atoms with E-state index in [0.717, 1.165) is 22.3 Å². The van der Waals surface area contributed by atoms with Crippen LogP contribution in [0.1, 0.15) is 62.0 Å². The van der Waals surface area contributed by atoms with Crippen LogP contribution >= 0.6 is 0 Å². The van der Waals surface area contributed by atoms with E-state index in [1.54, 1.807) is 0 Å². The molecule has 0 saturated heterocycles. The molecule has 1 unspecified atom stereocenters. The van der Waals surface area contributed by atoms with Crippen LogP contribution in [-0.2, 0) is 14.3 Å². The van der Waals surface area contributed by atoms with Crippen LogP contribution in [0, 0.1) is 11.3 Å². The highest BCUT2D eigenvalue weighted by atomic mass is 16.6. The van der Waals surface area contributed by atoms with E-state index in [1.807, 2.05) is 44.2 Å². The number of rotatable bonds is 3. The van der Waals surface area contributed by atoms with Gasteiger partial charge in [-0.05, 0) is 28.7 Å². The summed E-state index contributed by atoms with van der Waals surface area (Å²) in [5.74, 6) is -0.729. The SMILES string of the molecule is CC(=O)Oc1c(C#N)c(C(C)C)cc2c1C(OC(C)=O)c1ccccc1-2. The summed E-state index contributed by atoms with van der Waals surface area (Å²) in [5.41, 5.74) is 4.20. The third-order valence-corrected chi connectivity index (χ3v) is 4.41. The lowest BCUT2D eigenvalue weighted by molar-refractivity contribution is -0.144. The molecule has 1 aliphatic rings. The number of fused-ring (bicyclic) bond motifs is 3. The van der Waals surface area contributed by atoms with Crippen molar-refractivity contribution >= 4 is 11.9 Å². The molecular formula is C21H19NO4. The predicted octanol–water partition coefficient (Wildman–Crippen LogP) is 4.24. The van der Waals surface area contributed by atoms with Gasteiger partial charge < -0.3 is 9.47 Å². The minimum atomic E-state index is -0.707. The molecule has 0 fully saturated rings. The molecule has 1 atom stereocenters. The van der Waals surface area contributed by atoms with Crippen LogP contribution in [0.3, 0.4) is 0 Å². The standard InChI is InChI=1S/C21H19NO4/c1-11(2)16-9-17-14-7-5-6-8-15(14)20(25-12(3)23)19(17)21(18(16)10-22)26-13(4)24/h5-9,11,20H,1-4H3. The number of hydrogen-bond acceptors (Lipinski definition) is 5. The maximum Gasteiger partial charge on any atom is 0.308 e. The molecule has 0 aliphatic heterocycles. The van der Waals surface area contributed by atoms with E-state index in [0.29, 0.717) is 11.1 Å². The summed E-state index contributed by atoms with van der Waals surface area (Å²) in [5, 5.41) is 9.73. The molecular weight excluding hydrogens is 330 g/mol. The van der Waals surface area contributed by atoms with Gasteiger partial charge in [-0.15, -0.1) is 0 Å². The van der Waals surface area contributed by atoms with E-state index < -0.39 is 18.0 Å². The molecule has 0 aromatic heterocycles. The van der Waals surface area contributed by atoms with Crippen molar-refractivity contribution in [2.24, 2.45) is 0 Å². The Morgan fingerprint density at radius 3 is 2.38 bits per heavy atom. The Kier molecular flexibility index (Phi) is 4.52. The van der Waals surface area contributed by atoms with Crippen LogP contribution in [0.15, 0.2) is 30.3 Å². The molecule has 0 N–H and O–H groups in total. The zero-order valence-electron chi connectivity index (χ0n) is 15.1. The zero-order valence-corrected chi connectivity index (χ0v) is 15.1. The minimum absolute atomic E-state index is 0.0594. The van der Waals surface area contributed by atoms with Crippen LogP contribution in [-0.4, -0.2) is 11.9 Å². The topological polar surface area (TPSA) is 76.4 Å². The van der Waals surface area contributed by atoms with E-state index in [4.69, 9.17) is 9.47 Å². The van der Waals surface area contributed by atoms with Gasteiger partial charge in [-0.2, -0.15) is 5.26 Å². The van der Waals surface area contributed by atoms with Gasteiger partial charge in [0, 0.05) is 25.0 Å². The van der Waals surface area contributed by atoms with E-state index >= 15 is 0 Å². The fraction of sp³-hybridized carbons (Fsp3) is 0.286. The molecule has 5 heteroatoms. The monoisotopic (exact) mass is 349 g/mol. The predicted molar refractivity (Wildman–Crippen MR) is 95.6 cm³/mol. The lowest BCUT2D eigenvalue weighted by Gasteiger charge is -2.20. The van der Waals surface area contributed by atoms with Crippen molar-refractivity contribution < 1.29 is 19.1 Å². The van der Waals surface area contributed by atoms with Crippen LogP contribution < -0.4 is 4.74 Å². The number of esters is 2. The lowest BCUT2D eigenvalue weighted by atomic mass is 9.90. The smallest absolute Gasteiger partial charge is 0.308 e. The fourth-order valence-electron chi connectivity index (χ4n) is 3.41. The summed E-state index contributed by atoms with van der Waals surface area (Å²) in [6, 6.07) is 11.7. The van der Waals surface area contributed by atoms with Crippen LogP contribution in [0.5, 0.6) is 5.75 Å². The molecule has 1 aliphatic carbocycles.